The van der Waals surface area contributed by atoms with Crippen LogP contribution < -0.4 is 9.80 Å². The molecule has 0 saturated heterocycles. The maximum absolute atomic E-state index is 2.52. The number of hydrogen-bond acceptors (Lipinski definition) is 2. The van der Waals surface area contributed by atoms with Crippen molar-refractivity contribution in [3.8, 4) is 33.4 Å². The molecule has 0 fully saturated rings. The van der Waals surface area contributed by atoms with E-state index in [1.165, 1.54) is 123 Å². The molecule has 0 spiro atoms. The highest BCUT2D eigenvalue weighted by Crippen LogP contribution is 2.58. The third kappa shape index (κ3) is 6.23. The molecule has 8 aromatic carbocycles. The third-order valence-corrected chi connectivity index (χ3v) is 17.4. The molecule has 2 heteroatoms. The largest absolute Gasteiger partial charge is 0.310 e. The molecule has 0 amide bonds. The average molecular weight is 913 g/mol. The molecule has 2 nitrogen and oxygen atoms in total. The average Bonchev–Trinajstić information content (AvgIpc) is 3.69. The fourth-order valence-corrected chi connectivity index (χ4v) is 13.0. The number of hydrogen-bond donors (Lipinski definition) is 0. The van der Waals surface area contributed by atoms with Crippen molar-refractivity contribution in [2.75, 3.05) is 9.80 Å². The predicted octanol–water partition coefficient (Wildman–Crippen LogP) is 18.8. The van der Waals surface area contributed by atoms with Gasteiger partial charge in [0.05, 0.1) is 22.7 Å². The Hall–Kier alpha value is -6.64. The summed E-state index contributed by atoms with van der Waals surface area (Å²) in [6.45, 7) is 33.2. The summed E-state index contributed by atoms with van der Waals surface area (Å²) in [5.41, 5.74) is 28.6. The van der Waals surface area contributed by atoms with Gasteiger partial charge in [-0.1, -0.05) is 194 Å². The van der Waals surface area contributed by atoms with E-state index in [1.807, 2.05) is 0 Å². The van der Waals surface area contributed by atoms with E-state index in [1.54, 1.807) is 0 Å². The third-order valence-electron chi connectivity index (χ3n) is 17.4. The van der Waals surface area contributed by atoms with Gasteiger partial charge in [-0.3, -0.25) is 0 Å². The van der Waals surface area contributed by atoms with Crippen molar-refractivity contribution < 1.29 is 0 Å². The smallest absolute Gasteiger partial charge is 0.0502 e. The van der Waals surface area contributed by atoms with Crippen LogP contribution in [0.5, 0.6) is 0 Å². The number of benzene rings is 8. The quantitative estimate of drug-likeness (QED) is 0.174. The van der Waals surface area contributed by atoms with E-state index < -0.39 is 0 Å². The summed E-state index contributed by atoms with van der Waals surface area (Å²) < 4.78 is 0. The minimum absolute atomic E-state index is 0.0599. The molecule has 350 valence electrons. The van der Waals surface area contributed by atoms with Gasteiger partial charge >= 0.3 is 0 Å². The fraction of sp³-hybridized carbons (Fsp3) is 0.294. The molecule has 12 rings (SSSR count). The van der Waals surface area contributed by atoms with Gasteiger partial charge in [0.2, 0.25) is 0 Å². The Balaban J connectivity index is 0.897. The fourth-order valence-electron chi connectivity index (χ4n) is 13.0. The van der Waals surface area contributed by atoms with E-state index in [9.17, 15) is 0 Å². The van der Waals surface area contributed by atoms with E-state index in [4.69, 9.17) is 0 Å². The monoisotopic (exact) mass is 913 g/mol. The maximum atomic E-state index is 2.52. The van der Waals surface area contributed by atoms with E-state index in [0.717, 1.165) is 0 Å². The van der Waals surface area contributed by atoms with Gasteiger partial charge in [-0.15, -0.1) is 0 Å². The van der Waals surface area contributed by atoms with Crippen LogP contribution in [0.3, 0.4) is 0 Å². The minimum atomic E-state index is -0.192. The van der Waals surface area contributed by atoms with Crippen LogP contribution in [0.15, 0.2) is 158 Å². The molecular formula is C68H68N2. The lowest BCUT2D eigenvalue weighted by molar-refractivity contribution is 0.580. The zero-order valence-corrected chi connectivity index (χ0v) is 43.9. The maximum Gasteiger partial charge on any atom is 0.0502 e. The first-order valence-electron chi connectivity index (χ1n) is 25.7. The van der Waals surface area contributed by atoms with Crippen LogP contribution in [0.2, 0.25) is 0 Å². The van der Waals surface area contributed by atoms with Gasteiger partial charge in [-0.05, 0) is 161 Å². The Morgan fingerprint density at radius 1 is 0.286 bits per heavy atom. The van der Waals surface area contributed by atoms with E-state index in [2.05, 4.69) is 264 Å². The SMILES string of the molecule is CC(C)(C)c1ccc2c(c1)C(C)(C)c1ccccc1N2c1ccc2c(c1)C(C)(C)c1cc(-c3ccc4c(c3)C(C)(C)c3cc(N5c6ccccc6C(C)(C)c6cc(C(C)(C)C)ccc65)ccc3-4)ccc1-2. The van der Waals surface area contributed by atoms with Gasteiger partial charge in [0.15, 0.2) is 0 Å². The molecule has 2 aliphatic carbocycles. The van der Waals surface area contributed by atoms with Gasteiger partial charge in [-0.2, -0.15) is 0 Å². The van der Waals surface area contributed by atoms with Crippen LogP contribution in [0, 0.1) is 0 Å². The summed E-state index contributed by atoms with van der Waals surface area (Å²) in [4.78, 5) is 5.04. The first-order valence-corrected chi connectivity index (χ1v) is 25.7. The van der Waals surface area contributed by atoms with Crippen LogP contribution in [0.4, 0.5) is 34.1 Å². The number of para-hydroxylation sites is 2. The second-order valence-corrected chi connectivity index (χ2v) is 25.1. The molecule has 0 atom stereocenters. The van der Waals surface area contributed by atoms with Crippen molar-refractivity contribution in [1.29, 1.82) is 0 Å². The summed E-state index contributed by atoms with van der Waals surface area (Å²) >= 11 is 0. The van der Waals surface area contributed by atoms with Gasteiger partial charge in [0, 0.05) is 33.0 Å². The minimum Gasteiger partial charge on any atom is -0.310 e. The number of nitrogens with zero attached hydrogens (tertiary/aromatic N) is 2. The van der Waals surface area contributed by atoms with Crippen LogP contribution in [-0.4, -0.2) is 0 Å². The van der Waals surface area contributed by atoms with E-state index >= 15 is 0 Å². The first-order chi connectivity index (χ1) is 33.0. The summed E-state index contributed by atoms with van der Waals surface area (Å²) in [5.74, 6) is 0. The van der Waals surface area contributed by atoms with Gasteiger partial charge in [0.1, 0.15) is 0 Å². The summed E-state index contributed by atoms with van der Waals surface area (Å²) in [5, 5.41) is 0. The summed E-state index contributed by atoms with van der Waals surface area (Å²) in [7, 11) is 0. The Bertz CT molecular complexity index is 3290. The normalized spacial score (nSPS) is 17.1. The number of fused-ring (bicyclic) bond motifs is 10. The number of rotatable bonds is 3. The lowest BCUT2D eigenvalue weighted by atomic mass is 9.71. The lowest BCUT2D eigenvalue weighted by Gasteiger charge is -2.43. The zero-order valence-electron chi connectivity index (χ0n) is 43.9. The second kappa shape index (κ2) is 14.5. The zero-order chi connectivity index (χ0) is 49.2. The molecule has 0 radical (unpaired) electrons. The van der Waals surface area contributed by atoms with Crippen molar-refractivity contribution >= 4 is 34.1 Å². The molecule has 0 N–H and O–H groups in total. The molecule has 2 aliphatic heterocycles. The molecule has 0 aromatic heterocycles. The molecule has 0 bridgehead atoms. The Labute approximate surface area is 418 Å². The molecule has 4 aliphatic rings. The number of anilines is 6. The van der Waals surface area contributed by atoms with Crippen molar-refractivity contribution in [1.82, 2.24) is 0 Å². The van der Waals surface area contributed by atoms with E-state index in [0.29, 0.717) is 0 Å². The second-order valence-electron chi connectivity index (χ2n) is 25.1. The first kappa shape index (κ1) is 44.6. The van der Waals surface area contributed by atoms with Crippen LogP contribution >= 0.6 is 0 Å². The van der Waals surface area contributed by atoms with Crippen LogP contribution in [-0.2, 0) is 32.5 Å². The van der Waals surface area contributed by atoms with Gasteiger partial charge in [-0.25, -0.2) is 0 Å². The lowest BCUT2D eigenvalue weighted by Crippen LogP contribution is -2.31. The summed E-state index contributed by atoms with van der Waals surface area (Å²) in [6.07, 6.45) is 0. The van der Waals surface area contributed by atoms with E-state index in [-0.39, 0.29) is 32.5 Å². The predicted molar refractivity (Wildman–Crippen MR) is 298 cm³/mol. The van der Waals surface area contributed by atoms with Crippen molar-refractivity contribution in [2.24, 2.45) is 0 Å². The topological polar surface area (TPSA) is 6.48 Å². The van der Waals surface area contributed by atoms with Gasteiger partial charge < -0.3 is 9.80 Å². The molecular weight excluding hydrogens is 845 g/mol. The van der Waals surface area contributed by atoms with Crippen molar-refractivity contribution in [3.63, 3.8) is 0 Å². The van der Waals surface area contributed by atoms with Crippen molar-refractivity contribution in [2.45, 2.75) is 129 Å². The van der Waals surface area contributed by atoms with Crippen LogP contribution in [0.25, 0.3) is 33.4 Å². The highest BCUT2D eigenvalue weighted by molar-refractivity contribution is 5.93. The van der Waals surface area contributed by atoms with Crippen LogP contribution in [0.1, 0.15) is 153 Å². The molecule has 8 aromatic rings. The Morgan fingerprint density at radius 3 is 0.971 bits per heavy atom. The highest BCUT2D eigenvalue weighted by atomic mass is 15.2. The standard InChI is InChI=1S/C68H68N2/c1-63(2,3)43-25-33-61-57(37-43)65(7,8)51-19-15-17-21-59(51)69(61)45-27-31-49-47-29-23-41(35-53(47)67(11,12)55(49)39-45)42-24-30-48-50-32-28-46(40-56(50)68(13,14)54(48)36-42)70-60-22-18-16-20-52(60)66(9,10)58-38-44(64(4,5)6)26-34-62(58)70/h15-40H,1-14H3. The molecule has 0 unspecified atom stereocenters. The van der Waals surface area contributed by atoms with Gasteiger partial charge in [0.25, 0.3) is 0 Å². The van der Waals surface area contributed by atoms with Crippen molar-refractivity contribution in [3.05, 3.63) is 213 Å². The Kier molecular flexibility index (Phi) is 9.21. The molecule has 0 saturated carbocycles. The highest BCUT2D eigenvalue weighted by Gasteiger charge is 2.43. The summed E-state index contributed by atoms with van der Waals surface area (Å²) in [6, 6.07) is 61.4. The molecule has 2 heterocycles. The molecule has 70 heavy (non-hydrogen) atoms. The Morgan fingerprint density at radius 2 is 0.600 bits per heavy atom.